The highest BCUT2D eigenvalue weighted by Crippen LogP contribution is 2.25. The normalized spacial score (nSPS) is 11.0. The number of ether oxygens (including phenoxy) is 1. The van der Waals surface area contributed by atoms with Crippen molar-refractivity contribution in [1.82, 2.24) is 0 Å². The fourth-order valence-corrected chi connectivity index (χ4v) is 2.46. The monoisotopic (exact) mass is 347 g/mol. The van der Waals surface area contributed by atoms with Crippen molar-refractivity contribution < 1.29 is 13.5 Å². The summed E-state index contributed by atoms with van der Waals surface area (Å²) in [6.07, 6.45) is 1.66. The number of benzene rings is 3. The van der Waals surface area contributed by atoms with E-state index in [1.165, 1.54) is 24.3 Å². The molecule has 0 bridgehead atoms. The average molecular weight is 347 g/mol. The zero-order chi connectivity index (χ0) is 18.4. The second kappa shape index (κ2) is 8.09. The Kier molecular flexibility index (Phi) is 5.40. The molecule has 3 aromatic rings. The van der Waals surface area contributed by atoms with Crippen LogP contribution in [0.2, 0.25) is 0 Å². The summed E-state index contributed by atoms with van der Waals surface area (Å²) in [5.41, 5.74) is 2.37. The van der Waals surface area contributed by atoms with Gasteiger partial charge < -0.3 is 4.74 Å². The lowest BCUT2D eigenvalue weighted by atomic mass is 10.0. The first-order chi connectivity index (χ1) is 12.7. The van der Waals surface area contributed by atoms with Gasteiger partial charge >= 0.3 is 0 Å². The summed E-state index contributed by atoms with van der Waals surface area (Å²) in [5, 5.41) is 9.44. The van der Waals surface area contributed by atoms with Gasteiger partial charge in [-0.05, 0) is 47.5 Å². The van der Waals surface area contributed by atoms with Crippen LogP contribution >= 0.6 is 0 Å². The fourth-order valence-electron chi connectivity index (χ4n) is 2.46. The molecule has 26 heavy (non-hydrogen) atoms. The maximum Gasteiger partial charge on any atom is 0.127 e. The quantitative estimate of drug-likeness (QED) is 0.444. The minimum absolute atomic E-state index is 0.271. The van der Waals surface area contributed by atoms with Gasteiger partial charge in [-0.3, -0.25) is 0 Å². The number of para-hydroxylation sites is 1. The summed E-state index contributed by atoms with van der Waals surface area (Å²) >= 11 is 0. The molecule has 0 heterocycles. The summed E-state index contributed by atoms with van der Waals surface area (Å²) in [6, 6.07) is 21.3. The van der Waals surface area contributed by atoms with Gasteiger partial charge in [-0.25, -0.2) is 8.78 Å². The van der Waals surface area contributed by atoms with Crippen molar-refractivity contribution in [2.75, 3.05) is 0 Å². The number of hydrogen-bond acceptors (Lipinski definition) is 2. The molecular weight excluding hydrogens is 332 g/mol. The summed E-state index contributed by atoms with van der Waals surface area (Å²) in [5.74, 6) is -0.115. The van der Waals surface area contributed by atoms with Crippen LogP contribution in [0.1, 0.15) is 16.7 Å². The van der Waals surface area contributed by atoms with Crippen LogP contribution in [0.4, 0.5) is 8.78 Å². The zero-order valence-corrected chi connectivity index (χ0v) is 13.8. The number of nitriles is 1. The summed E-state index contributed by atoms with van der Waals surface area (Å²) in [7, 11) is 0. The molecule has 0 radical (unpaired) electrons. The molecule has 4 heteroatoms. The number of hydrogen-bond donors (Lipinski definition) is 0. The number of allylic oxidation sites excluding steroid dienone is 1. The van der Waals surface area contributed by atoms with Crippen LogP contribution in [0.15, 0.2) is 72.8 Å². The molecule has 0 aliphatic heterocycles. The Morgan fingerprint density at radius 3 is 2.42 bits per heavy atom. The second-order valence-electron chi connectivity index (χ2n) is 5.63. The lowest BCUT2D eigenvalue weighted by Gasteiger charge is -2.10. The number of nitrogens with zero attached hydrogens (tertiary/aromatic N) is 1. The molecule has 0 saturated heterocycles. The molecule has 0 spiro atoms. The highest BCUT2D eigenvalue weighted by Gasteiger charge is 2.06. The Balaban J connectivity index is 1.86. The predicted octanol–water partition coefficient (Wildman–Crippen LogP) is 5.61. The minimum Gasteiger partial charge on any atom is -0.488 e. The molecule has 0 N–H and O–H groups in total. The van der Waals surface area contributed by atoms with Gasteiger partial charge in [0.2, 0.25) is 0 Å². The van der Waals surface area contributed by atoms with Gasteiger partial charge in [0.25, 0.3) is 0 Å². The maximum atomic E-state index is 13.4. The van der Waals surface area contributed by atoms with E-state index in [1.807, 2.05) is 18.2 Å². The Morgan fingerprint density at radius 2 is 1.69 bits per heavy atom. The molecule has 0 fully saturated rings. The van der Waals surface area contributed by atoms with E-state index in [0.29, 0.717) is 22.4 Å². The highest BCUT2D eigenvalue weighted by molar-refractivity contribution is 5.90. The van der Waals surface area contributed by atoms with Crippen LogP contribution < -0.4 is 4.74 Å². The molecule has 0 amide bonds. The molecule has 0 atom stereocenters. The molecule has 0 aliphatic carbocycles. The van der Waals surface area contributed by atoms with Crippen LogP contribution in [0.3, 0.4) is 0 Å². The fraction of sp³-hybridized carbons (Fsp3) is 0.0455. The van der Waals surface area contributed by atoms with E-state index in [2.05, 4.69) is 6.07 Å². The molecule has 0 unspecified atom stereocenters. The number of halogens is 2. The van der Waals surface area contributed by atoms with Crippen molar-refractivity contribution in [2.45, 2.75) is 6.61 Å². The second-order valence-corrected chi connectivity index (χ2v) is 5.63. The van der Waals surface area contributed by atoms with E-state index in [9.17, 15) is 14.0 Å². The minimum atomic E-state index is -0.399. The molecule has 128 valence electrons. The SMILES string of the molecule is N#C/C(=C/c1ccccc1OCc1ccc(F)cc1)c1cccc(F)c1. The van der Waals surface area contributed by atoms with Gasteiger partial charge in [0, 0.05) is 5.56 Å². The van der Waals surface area contributed by atoms with E-state index in [4.69, 9.17) is 4.74 Å². The molecule has 0 aliphatic rings. The van der Waals surface area contributed by atoms with Gasteiger partial charge in [-0.1, -0.05) is 42.5 Å². The predicted molar refractivity (Wildman–Crippen MR) is 97.1 cm³/mol. The van der Waals surface area contributed by atoms with Gasteiger partial charge in [-0.15, -0.1) is 0 Å². The van der Waals surface area contributed by atoms with Crippen LogP contribution in [0.5, 0.6) is 5.75 Å². The average Bonchev–Trinajstić information content (AvgIpc) is 2.66. The molecule has 2 nitrogen and oxygen atoms in total. The zero-order valence-electron chi connectivity index (χ0n) is 13.8. The van der Waals surface area contributed by atoms with E-state index in [-0.39, 0.29) is 12.4 Å². The van der Waals surface area contributed by atoms with Crippen LogP contribution in [-0.4, -0.2) is 0 Å². The van der Waals surface area contributed by atoms with Crippen LogP contribution in [0.25, 0.3) is 11.6 Å². The highest BCUT2D eigenvalue weighted by atomic mass is 19.1. The smallest absolute Gasteiger partial charge is 0.127 e. The standard InChI is InChI=1S/C22H15F2NO/c23-20-10-8-16(9-11-20)15-26-22-7-2-1-4-18(22)12-19(14-25)17-5-3-6-21(24)13-17/h1-13H,15H2/b19-12-. The third-order valence-corrected chi connectivity index (χ3v) is 3.78. The molecule has 0 aromatic heterocycles. The Bertz CT molecular complexity index is 972. The third kappa shape index (κ3) is 4.34. The van der Waals surface area contributed by atoms with Crippen molar-refractivity contribution in [3.05, 3.63) is 101 Å². The molecular formula is C22H15F2NO. The van der Waals surface area contributed by atoms with Crippen molar-refractivity contribution in [3.63, 3.8) is 0 Å². The van der Waals surface area contributed by atoms with Gasteiger partial charge in [0.1, 0.15) is 24.0 Å². The van der Waals surface area contributed by atoms with Crippen molar-refractivity contribution >= 4 is 11.6 Å². The lowest BCUT2D eigenvalue weighted by molar-refractivity contribution is 0.305. The van der Waals surface area contributed by atoms with Crippen molar-refractivity contribution in [1.29, 1.82) is 5.26 Å². The van der Waals surface area contributed by atoms with Gasteiger partial charge in [0.05, 0.1) is 11.6 Å². The van der Waals surface area contributed by atoms with E-state index < -0.39 is 5.82 Å². The van der Waals surface area contributed by atoms with Gasteiger partial charge in [-0.2, -0.15) is 5.26 Å². The topological polar surface area (TPSA) is 33.0 Å². The van der Waals surface area contributed by atoms with Crippen molar-refractivity contribution in [3.8, 4) is 11.8 Å². The first-order valence-electron chi connectivity index (χ1n) is 8.00. The molecule has 0 saturated carbocycles. The largest absolute Gasteiger partial charge is 0.488 e. The third-order valence-electron chi connectivity index (χ3n) is 3.78. The van der Waals surface area contributed by atoms with Crippen LogP contribution in [0, 0.1) is 23.0 Å². The van der Waals surface area contributed by atoms with E-state index >= 15 is 0 Å². The van der Waals surface area contributed by atoms with Crippen LogP contribution in [-0.2, 0) is 6.61 Å². The van der Waals surface area contributed by atoms with Crippen molar-refractivity contribution in [2.24, 2.45) is 0 Å². The lowest BCUT2D eigenvalue weighted by Crippen LogP contribution is -1.97. The Morgan fingerprint density at radius 1 is 0.923 bits per heavy atom. The first kappa shape index (κ1) is 17.4. The Labute approximate surface area is 150 Å². The first-order valence-corrected chi connectivity index (χ1v) is 8.00. The molecule has 3 aromatic carbocycles. The maximum absolute atomic E-state index is 13.4. The number of rotatable bonds is 5. The van der Waals surface area contributed by atoms with Gasteiger partial charge in [0.15, 0.2) is 0 Å². The molecule has 3 rings (SSSR count). The Hall–Kier alpha value is -3.45. The van der Waals surface area contributed by atoms with E-state index in [0.717, 1.165) is 5.56 Å². The summed E-state index contributed by atoms with van der Waals surface area (Å²) in [4.78, 5) is 0. The summed E-state index contributed by atoms with van der Waals surface area (Å²) < 4.78 is 32.2. The van der Waals surface area contributed by atoms with E-state index in [1.54, 1.807) is 36.4 Å². The summed E-state index contributed by atoms with van der Waals surface area (Å²) in [6.45, 7) is 0.271.